The van der Waals surface area contributed by atoms with Gasteiger partial charge in [0.05, 0.1) is 22.8 Å². The van der Waals surface area contributed by atoms with Gasteiger partial charge >= 0.3 is 6.18 Å². The molecule has 0 aliphatic rings. The van der Waals surface area contributed by atoms with Crippen LogP contribution in [0.15, 0.2) is 48.9 Å². The number of benzene rings is 1. The van der Waals surface area contributed by atoms with Gasteiger partial charge in [-0.1, -0.05) is 32.4 Å². The van der Waals surface area contributed by atoms with Crippen LogP contribution in [0.1, 0.15) is 82.9 Å². The number of pyridine rings is 2. The smallest absolute Gasteiger partial charge is 0.334 e. The summed E-state index contributed by atoms with van der Waals surface area (Å²) in [4.78, 5) is 17.9. The molecule has 1 aromatic carbocycles. The molecule has 0 N–H and O–H groups in total. The molecule has 4 aromatic heterocycles. The summed E-state index contributed by atoms with van der Waals surface area (Å²) < 4.78 is 43.6. The van der Waals surface area contributed by atoms with Gasteiger partial charge in [-0.05, 0) is 67.1 Å². The lowest BCUT2D eigenvalue weighted by Crippen LogP contribution is -2.13. The third kappa shape index (κ3) is 5.37. The second-order valence-electron chi connectivity index (χ2n) is 10.6. The van der Waals surface area contributed by atoms with E-state index < -0.39 is 11.9 Å². The molecule has 0 saturated heterocycles. The fourth-order valence-corrected chi connectivity index (χ4v) is 5.63. The molecule has 0 bridgehead atoms. The highest BCUT2D eigenvalue weighted by Crippen LogP contribution is 2.36. The van der Waals surface area contributed by atoms with Crippen LogP contribution in [0, 0.1) is 13.8 Å². The summed E-state index contributed by atoms with van der Waals surface area (Å²) in [6.45, 7) is 8.20. The van der Waals surface area contributed by atoms with Crippen LogP contribution in [0.3, 0.4) is 0 Å². The van der Waals surface area contributed by atoms with E-state index in [0.29, 0.717) is 6.42 Å². The van der Waals surface area contributed by atoms with Crippen LogP contribution >= 0.6 is 0 Å². The number of imidazole rings is 2. The predicted octanol–water partition coefficient (Wildman–Crippen LogP) is 7.02. The average molecular weight is 561 g/mol. The van der Waals surface area contributed by atoms with Crippen molar-refractivity contribution in [2.75, 3.05) is 0 Å². The zero-order valence-corrected chi connectivity index (χ0v) is 24.3. The number of fused-ring (bicyclic) bond motifs is 1. The molecule has 0 spiro atoms. The lowest BCUT2D eigenvalue weighted by molar-refractivity contribution is -0.141. The van der Waals surface area contributed by atoms with E-state index in [1.807, 2.05) is 40.3 Å². The maximum Gasteiger partial charge on any atom is 0.433 e. The Balaban J connectivity index is 1.69. The van der Waals surface area contributed by atoms with Crippen LogP contribution < -0.4 is 0 Å². The van der Waals surface area contributed by atoms with E-state index in [0.717, 1.165) is 81.7 Å². The first-order valence-electron chi connectivity index (χ1n) is 14.0. The molecule has 0 radical (unpaired) electrons. The van der Waals surface area contributed by atoms with Gasteiger partial charge in [0.1, 0.15) is 17.3 Å². The number of rotatable bonds is 8. The van der Waals surface area contributed by atoms with E-state index in [9.17, 15) is 13.2 Å². The highest BCUT2D eigenvalue weighted by molar-refractivity contribution is 5.85. The van der Waals surface area contributed by atoms with Crippen LogP contribution in [0.2, 0.25) is 0 Å². The summed E-state index contributed by atoms with van der Waals surface area (Å²) in [6, 6.07) is 9.04. The van der Waals surface area contributed by atoms with Crippen molar-refractivity contribution < 1.29 is 13.2 Å². The Labute approximate surface area is 238 Å². The summed E-state index contributed by atoms with van der Waals surface area (Å²) in [5, 5.41) is 1.07. The van der Waals surface area contributed by atoms with Crippen molar-refractivity contribution in [1.29, 1.82) is 0 Å². The Morgan fingerprint density at radius 1 is 0.829 bits per heavy atom. The molecule has 0 unspecified atom stereocenters. The molecule has 6 nitrogen and oxygen atoms in total. The molecule has 214 valence electrons. The standard InChI is InChI=1S/C32H35F3N6/c1-7-9-23-24(14-21-10-13-30(38-16-21)32(33,34)35)26(8-2)39-27-12-11-22(15-25(23)27)31(28-17-36-19(3)40(28)5)29-18-37-20(4)41(29)6/h10-13,15-18,31H,7-9,14H2,1-6H3. The number of nitrogens with zero attached hydrogens (tertiary/aromatic N) is 6. The summed E-state index contributed by atoms with van der Waals surface area (Å²) in [5.41, 5.74) is 7.24. The van der Waals surface area contributed by atoms with Crippen LogP contribution in [-0.2, 0) is 39.5 Å². The molecule has 0 saturated carbocycles. The van der Waals surface area contributed by atoms with Crippen molar-refractivity contribution in [3.05, 3.63) is 106 Å². The first-order chi connectivity index (χ1) is 19.5. The molecule has 0 fully saturated rings. The van der Waals surface area contributed by atoms with Crippen LogP contribution in [0.4, 0.5) is 13.2 Å². The second-order valence-corrected chi connectivity index (χ2v) is 10.6. The van der Waals surface area contributed by atoms with E-state index in [1.165, 1.54) is 17.8 Å². The molecule has 0 aliphatic heterocycles. The van der Waals surface area contributed by atoms with Gasteiger partial charge in [0.15, 0.2) is 0 Å². The maximum absolute atomic E-state index is 13.1. The second kappa shape index (κ2) is 11.1. The minimum absolute atomic E-state index is 0.0975. The molecule has 4 heterocycles. The number of hydrogen-bond donors (Lipinski definition) is 0. The minimum Gasteiger partial charge on any atom is -0.334 e. The molecule has 5 rings (SSSR count). The fourth-order valence-electron chi connectivity index (χ4n) is 5.63. The minimum atomic E-state index is -4.46. The molecule has 41 heavy (non-hydrogen) atoms. The third-order valence-electron chi connectivity index (χ3n) is 8.08. The number of aromatic nitrogens is 6. The molecular formula is C32H35F3N6. The van der Waals surface area contributed by atoms with Crippen molar-refractivity contribution in [2.24, 2.45) is 14.1 Å². The number of aryl methyl sites for hydroxylation is 4. The van der Waals surface area contributed by atoms with Crippen LogP contribution in [0.5, 0.6) is 0 Å². The quantitative estimate of drug-likeness (QED) is 0.205. The van der Waals surface area contributed by atoms with Gasteiger partial charge in [-0.15, -0.1) is 0 Å². The van der Waals surface area contributed by atoms with E-state index in [-0.39, 0.29) is 5.92 Å². The van der Waals surface area contributed by atoms with Crippen molar-refractivity contribution in [2.45, 2.75) is 65.5 Å². The predicted molar refractivity (Wildman–Crippen MR) is 154 cm³/mol. The monoisotopic (exact) mass is 560 g/mol. The fraction of sp³-hybridized carbons (Fsp3) is 0.375. The zero-order valence-electron chi connectivity index (χ0n) is 24.3. The Morgan fingerprint density at radius 2 is 1.49 bits per heavy atom. The van der Waals surface area contributed by atoms with E-state index in [2.05, 4.69) is 56.1 Å². The number of halogens is 3. The van der Waals surface area contributed by atoms with Crippen molar-refractivity contribution in [1.82, 2.24) is 29.1 Å². The highest BCUT2D eigenvalue weighted by atomic mass is 19.4. The number of hydrogen-bond acceptors (Lipinski definition) is 4. The van der Waals surface area contributed by atoms with Crippen molar-refractivity contribution in [3.8, 4) is 0 Å². The summed E-state index contributed by atoms with van der Waals surface area (Å²) in [6.07, 6.45) is 3.70. The summed E-state index contributed by atoms with van der Waals surface area (Å²) in [5.74, 6) is 1.76. The van der Waals surface area contributed by atoms with Gasteiger partial charge in [0.2, 0.25) is 0 Å². The summed E-state index contributed by atoms with van der Waals surface area (Å²) in [7, 11) is 4.06. The van der Waals surface area contributed by atoms with Gasteiger partial charge < -0.3 is 9.13 Å². The molecule has 0 aliphatic carbocycles. The lowest BCUT2D eigenvalue weighted by atomic mass is 9.87. The Kier molecular flexibility index (Phi) is 7.72. The van der Waals surface area contributed by atoms with E-state index in [1.54, 1.807) is 0 Å². The van der Waals surface area contributed by atoms with Crippen LogP contribution in [0.25, 0.3) is 10.9 Å². The molecule has 0 amide bonds. The Morgan fingerprint density at radius 3 is 1.98 bits per heavy atom. The topological polar surface area (TPSA) is 61.4 Å². The first-order valence-corrected chi connectivity index (χ1v) is 14.0. The third-order valence-corrected chi connectivity index (χ3v) is 8.08. The van der Waals surface area contributed by atoms with Gasteiger partial charge in [0.25, 0.3) is 0 Å². The number of alkyl halides is 3. The van der Waals surface area contributed by atoms with Crippen molar-refractivity contribution in [3.63, 3.8) is 0 Å². The van der Waals surface area contributed by atoms with E-state index >= 15 is 0 Å². The lowest BCUT2D eigenvalue weighted by Gasteiger charge is -2.22. The Bertz CT molecular complexity index is 1650. The molecule has 0 atom stereocenters. The van der Waals surface area contributed by atoms with Gasteiger partial charge in [-0.2, -0.15) is 13.2 Å². The SMILES string of the molecule is CCCc1c(Cc2ccc(C(F)(F)F)nc2)c(CC)nc2ccc(C(c3cnc(C)n3C)c3cnc(C)n3C)cc12. The normalized spacial score (nSPS) is 12.1. The highest BCUT2D eigenvalue weighted by Gasteiger charge is 2.32. The van der Waals surface area contributed by atoms with Gasteiger partial charge in [-0.3, -0.25) is 9.97 Å². The van der Waals surface area contributed by atoms with Crippen LogP contribution in [-0.4, -0.2) is 29.1 Å². The Hall–Kier alpha value is -4.01. The molecular weight excluding hydrogens is 525 g/mol. The van der Waals surface area contributed by atoms with Gasteiger partial charge in [-0.25, -0.2) is 9.97 Å². The average Bonchev–Trinajstić information content (AvgIpc) is 3.45. The van der Waals surface area contributed by atoms with Crippen molar-refractivity contribution >= 4 is 10.9 Å². The van der Waals surface area contributed by atoms with E-state index in [4.69, 9.17) is 4.98 Å². The first kappa shape index (κ1) is 28.5. The maximum atomic E-state index is 13.1. The molecule has 9 heteroatoms. The van der Waals surface area contributed by atoms with Gasteiger partial charge in [0, 0.05) is 50.2 Å². The summed E-state index contributed by atoms with van der Waals surface area (Å²) >= 11 is 0. The molecule has 5 aromatic rings. The largest absolute Gasteiger partial charge is 0.433 e. The zero-order chi connectivity index (χ0) is 29.5.